The maximum atomic E-state index is 12.6. The third-order valence-electron chi connectivity index (χ3n) is 5.65. The lowest BCUT2D eigenvalue weighted by Crippen LogP contribution is -2.43. The van der Waals surface area contributed by atoms with Crippen LogP contribution < -0.4 is 10.2 Å². The standard InChI is InChI=1S/C23H24N2O4/c1-13-9-14(2)21(15(3)10-13)20(26)12-29-23(28)16-6-7-18-17(11-16)24-22(27)19-5-4-8-25(18)19/h6-7,9-11,19H,4-5,8,12H2,1-3H3,(H,24,27)/t19-/m1/s1. The zero-order valence-electron chi connectivity index (χ0n) is 16.9. The maximum Gasteiger partial charge on any atom is 0.338 e. The number of aryl methyl sites for hydroxylation is 3. The fourth-order valence-corrected chi connectivity index (χ4v) is 4.46. The number of ketones is 1. The van der Waals surface area contributed by atoms with Gasteiger partial charge in [-0.25, -0.2) is 4.79 Å². The minimum absolute atomic E-state index is 0.0407. The second-order valence-electron chi connectivity index (χ2n) is 7.85. The first kappa shape index (κ1) is 19.2. The summed E-state index contributed by atoms with van der Waals surface area (Å²) in [4.78, 5) is 39.4. The van der Waals surface area contributed by atoms with Crippen molar-refractivity contribution in [1.82, 2.24) is 0 Å². The van der Waals surface area contributed by atoms with E-state index in [1.54, 1.807) is 12.1 Å². The van der Waals surface area contributed by atoms with Crippen molar-refractivity contribution < 1.29 is 19.1 Å². The van der Waals surface area contributed by atoms with Gasteiger partial charge in [-0.05, 0) is 62.9 Å². The molecule has 2 aromatic rings. The van der Waals surface area contributed by atoms with E-state index in [1.807, 2.05) is 39.0 Å². The summed E-state index contributed by atoms with van der Waals surface area (Å²) < 4.78 is 5.27. The summed E-state index contributed by atoms with van der Waals surface area (Å²) in [5, 5.41) is 2.88. The molecule has 150 valence electrons. The number of fused-ring (bicyclic) bond motifs is 3. The van der Waals surface area contributed by atoms with E-state index in [0.29, 0.717) is 16.8 Å². The number of amides is 1. The molecule has 0 radical (unpaired) electrons. The Balaban J connectivity index is 1.48. The third kappa shape index (κ3) is 3.50. The Bertz CT molecular complexity index is 1000. The molecular weight excluding hydrogens is 368 g/mol. The Hall–Kier alpha value is -3.15. The third-order valence-corrected chi connectivity index (χ3v) is 5.65. The summed E-state index contributed by atoms with van der Waals surface area (Å²) in [6, 6.07) is 8.90. The van der Waals surface area contributed by atoms with Crippen LogP contribution in [0.2, 0.25) is 0 Å². The maximum absolute atomic E-state index is 12.6. The highest BCUT2D eigenvalue weighted by molar-refractivity contribution is 6.06. The average Bonchev–Trinajstić information content (AvgIpc) is 3.15. The topological polar surface area (TPSA) is 75.7 Å². The molecule has 2 aliphatic heterocycles. The molecule has 2 heterocycles. The summed E-state index contributed by atoms with van der Waals surface area (Å²) in [6.07, 6.45) is 1.82. The van der Waals surface area contributed by atoms with Crippen molar-refractivity contribution in [3.05, 3.63) is 58.1 Å². The smallest absolute Gasteiger partial charge is 0.338 e. The first-order valence-corrected chi connectivity index (χ1v) is 9.85. The summed E-state index contributed by atoms with van der Waals surface area (Å²) in [5.74, 6) is -0.845. The summed E-state index contributed by atoms with van der Waals surface area (Å²) in [7, 11) is 0. The van der Waals surface area contributed by atoms with Crippen molar-refractivity contribution in [2.75, 3.05) is 23.4 Å². The molecule has 1 N–H and O–H groups in total. The van der Waals surface area contributed by atoms with Crippen LogP contribution in [0.3, 0.4) is 0 Å². The number of anilines is 2. The summed E-state index contributed by atoms with van der Waals surface area (Å²) in [5.41, 5.74) is 5.28. The Labute approximate surface area is 169 Å². The van der Waals surface area contributed by atoms with Gasteiger partial charge < -0.3 is 15.0 Å². The number of esters is 1. The molecule has 0 bridgehead atoms. The van der Waals surface area contributed by atoms with E-state index in [4.69, 9.17) is 4.74 Å². The van der Waals surface area contributed by atoms with E-state index in [0.717, 1.165) is 41.8 Å². The van der Waals surface area contributed by atoms with E-state index in [2.05, 4.69) is 10.2 Å². The second kappa shape index (κ2) is 7.35. The van der Waals surface area contributed by atoms with Gasteiger partial charge in [0.25, 0.3) is 0 Å². The van der Waals surface area contributed by atoms with Gasteiger partial charge in [0.2, 0.25) is 11.7 Å². The molecule has 1 atom stereocenters. The number of Topliss-reactive ketones (excluding diaryl/α,β-unsaturated/α-hetero) is 1. The second-order valence-corrected chi connectivity index (χ2v) is 7.85. The van der Waals surface area contributed by atoms with Gasteiger partial charge >= 0.3 is 5.97 Å². The first-order chi connectivity index (χ1) is 13.8. The molecule has 1 saturated heterocycles. The molecule has 4 rings (SSSR count). The van der Waals surface area contributed by atoms with Gasteiger partial charge in [0.05, 0.1) is 16.9 Å². The number of rotatable bonds is 4. The quantitative estimate of drug-likeness (QED) is 0.636. The van der Waals surface area contributed by atoms with Gasteiger partial charge in [-0.3, -0.25) is 9.59 Å². The first-order valence-electron chi connectivity index (χ1n) is 9.85. The number of hydrogen-bond donors (Lipinski definition) is 1. The molecule has 0 aromatic heterocycles. The van der Waals surface area contributed by atoms with E-state index in [1.165, 1.54) is 0 Å². The highest BCUT2D eigenvalue weighted by Gasteiger charge is 2.36. The predicted octanol–water partition coefficient (Wildman–Crippen LogP) is 3.57. The lowest BCUT2D eigenvalue weighted by atomic mass is 9.97. The number of carbonyl (C=O) groups excluding carboxylic acids is 3. The Morgan fingerprint density at radius 3 is 2.59 bits per heavy atom. The highest BCUT2D eigenvalue weighted by Crippen LogP contribution is 2.37. The van der Waals surface area contributed by atoms with Gasteiger partial charge in [0.15, 0.2) is 6.61 Å². The molecule has 6 heteroatoms. The monoisotopic (exact) mass is 392 g/mol. The van der Waals surface area contributed by atoms with Crippen LogP contribution in [0.4, 0.5) is 11.4 Å². The van der Waals surface area contributed by atoms with Crippen LogP contribution in [0.1, 0.15) is 50.2 Å². The van der Waals surface area contributed by atoms with Crippen molar-refractivity contribution in [2.24, 2.45) is 0 Å². The van der Waals surface area contributed by atoms with Crippen LogP contribution in [-0.2, 0) is 9.53 Å². The zero-order chi connectivity index (χ0) is 20.7. The molecule has 0 aliphatic carbocycles. The van der Waals surface area contributed by atoms with Gasteiger partial charge in [-0.2, -0.15) is 0 Å². The molecule has 1 fully saturated rings. The van der Waals surface area contributed by atoms with Gasteiger partial charge in [0.1, 0.15) is 6.04 Å². The van der Waals surface area contributed by atoms with Crippen LogP contribution in [-0.4, -0.2) is 36.9 Å². The zero-order valence-corrected chi connectivity index (χ0v) is 16.9. The number of carbonyl (C=O) groups is 3. The number of benzene rings is 2. The molecule has 0 spiro atoms. The average molecular weight is 392 g/mol. The Morgan fingerprint density at radius 1 is 1.14 bits per heavy atom. The molecule has 0 unspecified atom stereocenters. The minimum atomic E-state index is -0.582. The number of nitrogens with zero attached hydrogens (tertiary/aromatic N) is 1. The van der Waals surface area contributed by atoms with Crippen molar-refractivity contribution in [1.29, 1.82) is 0 Å². The normalized spacial score (nSPS) is 17.4. The predicted molar refractivity (Wildman–Crippen MR) is 111 cm³/mol. The number of hydrogen-bond acceptors (Lipinski definition) is 5. The van der Waals surface area contributed by atoms with Gasteiger partial charge in [-0.15, -0.1) is 0 Å². The van der Waals surface area contributed by atoms with E-state index < -0.39 is 5.97 Å². The Morgan fingerprint density at radius 2 is 1.86 bits per heavy atom. The number of ether oxygens (including phenoxy) is 1. The highest BCUT2D eigenvalue weighted by atomic mass is 16.5. The van der Waals surface area contributed by atoms with Crippen LogP contribution in [0, 0.1) is 20.8 Å². The lowest BCUT2D eigenvalue weighted by molar-refractivity contribution is -0.117. The largest absolute Gasteiger partial charge is 0.454 e. The molecule has 2 aromatic carbocycles. The molecular formula is C23H24N2O4. The SMILES string of the molecule is Cc1cc(C)c(C(=O)COC(=O)c2ccc3c(c2)NC(=O)[C@H]2CCCN32)c(C)c1. The van der Waals surface area contributed by atoms with Crippen LogP contribution in [0.15, 0.2) is 30.3 Å². The van der Waals surface area contributed by atoms with Crippen molar-refractivity contribution in [3.8, 4) is 0 Å². The fraction of sp³-hybridized carbons (Fsp3) is 0.348. The number of nitrogens with one attached hydrogen (secondary N) is 1. The molecule has 2 aliphatic rings. The summed E-state index contributed by atoms with van der Waals surface area (Å²) >= 11 is 0. The van der Waals surface area contributed by atoms with E-state index in [-0.39, 0.29) is 24.3 Å². The van der Waals surface area contributed by atoms with Crippen molar-refractivity contribution >= 4 is 29.0 Å². The lowest BCUT2D eigenvalue weighted by Gasteiger charge is -2.33. The van der Waals surface area contributed by atoms with Crippen LogP contribution in [0.5, 0.6) is 0 Å². The fourth-order valence-electron chi connectivity index (χ4n) is 4.46. The van der Waals surface area contributed by atoms with Crippen LogP contribution in [0.25, 0.3) is 0 Å². The molecule has 6 nitrogen and oxygen atoms in total. The van der Waals surface area contributed by atoms with E-state index >= 15 is 0 Å². The molecule has 29 heavy (non-hydrogen) atoms. The Kier molecular flexibility index (Phi) is 4.86. The van der Waals surface area contributed by atoms with E-state index in [9.17, 15) is 14.4 Å². The van der Waals surface area contributed by atoms with Crippen molar-refractivity contribution in [2.45, 2.75) is 39.7 Å². The molecule has 0 saturated carbocycles. The van der Waals surface area contributed by atoms with Gasteiger partial charge in [-0.1, -0.05) is 17.7 Å². The van der Waals surface area contributed by atoms with Gasteiger partial charge in [0, 0.05) is 12.1 Å². The minimum Gasteiger partial charge on any atom is -0.454 e. The molecule has 1 amide bonds. The summed E-state index contributed by atoms with van der Waals surface area (Å²) in [6.45, 7) is 6.26. The van der Waals surface area contributed by atoms with Crippen molar-refractivity contribution in [3.63, 3.8) is 0 Å². The van der Waals surface area contributed by atoms with Crippen LogP contribution >= 0.6 is 0 Å².